The zero-order valence-corrected chi connectivity index (χ0v) is 16.6. The lowest BCUT2D eigenvalue weighted by molar-refractivity contribution is -0.116. The Morgan fingerprint density at radius 2 is 1.97 bits per heavy atom. The molecule has 1 N–H and O–H groups in total. The molecule has 3 aromatic rings. The third-order valence-corrected chi connectivity index (χ3v) is 5.85. The maximum Gasteiger partial charge on any atom is 0.226 e. The van der Waals surface area contributed by atoms with Gasteiger partial charge in [-0.25, -0.2) is 4.68 Å². The molecule has 2 atom stereocenters. The summed E-state index contributed by atoms with van der Waals surface area (Å²) in [6.07, 6.45) is 2.69. The molecule has 2 aromatic carbocycles. The predicted octanol–water partition coefficient (Wildman–Crippen LogP) is 4.36. The molecule has 0 amide bonds. The summed E-state index contributed by atoms with van der Waals surface area (Å²) in [6, 6.07) is 15.2. The number of ketones is 1. The van der Waals surface area contributed by atoms with Gasteiger partial charge in [0.25, 0.3) is 0 Å². The van der Waals surface area contributed by atoms with Crippen molar-refractivity contribution in [1.29, 1.82) is 0 Å². The zero-order chi connectivity index (χ0) is 20.0. The average Bonchev–Trinajstić information content (AvgIpc) is 3.20. The minimum atomic E-state index is -0.327. The van der Waals surface area contributed by atoms with Gasteiger partial charge in [0.05, 0.1) is 7.11 Å². The van der Waals surface area contributed by atoms with Gasteiger partial charge in [0.15, 0.2) is 5.78 Å². The summed E-state index contributed by atoms with van der Waals surface area (Å²) in [5.41, 5.74) is 3.70. The lowest BCUT2D eigenvalue weighted by Gasteiger charge is -2.35. The first-order chi connectivity index (χ1) is 14.1. The molecule has 0 unspecified atom stereocenters. The summed E-state index contributed by atoms with van der Waals surface area (Å²) in [5, 5.41) is 8.33. The fourth-order valence-electron chi connectivity index (χ4n) is 4.25. The summed E-state index contributed by atoms with van der Waals surface area (Å²) in [5.74, 6) is 1.66. The van der Waals surface area contributed by atoms with Crippen LogP contribution >= 0.6 is 11.6 Å². The molecule has 2 aliphatic rings. The first-order valence-electron chi connectivity index (χ1n) is 9.46. The largest absolute Gasteiger partial charge is 0.497 e. The molecule has 29 heavy (non-hydrogen) atoms. The fourth-order valence-corrected chi connectivity index (χ4v) is 4.45. The average molecular weight is 407 g/mol. The Morgan fingerprint density at radius 1 is 1.14 bits per heavy atom. The zero-order valence-electron chi connectivity index (χ0n) is 15.8. The molecule has 6 nitrogen and oxygen atoms in total. The van der Waals surface area contributed by atoms with Gasteiger partial charge in [-0.15, -0.1) is 0 Å². The minimum absolute atomic E-state index is 0.106. The normalized spacial score (nSPS) is 20.7. The van der Waals surface area contributed by atoms with Crippen molar-refractivity contribution in [3.05, 3.63) is 82.3 Å². The lowest BCUT2D eigenvalue weighted by Crippen LogP contribution is -2.33. The van der Waals surface area contributed by atoms with Gasteiger partial charge in [0.2, 0.25) is 5.95 Å². The first kappa shape index (κ1) is 17.9. The van der Waals surface area contributed by atoms with Crippen LogP contribution in [0.25, 0.3) is 0 Å². The fraction of sp³-hybridized carbons (Fsp3) is 0.227. The molecule has 0 bridgehead atoms. The van der Waals surface area contributed by atoms with Crippen molar-refractivity contribution in [3.63, 3.8) is 0 Å². The van der Waals surface area contributed by atoms with Crippen LogP contribution in [-0.4, -0.2) is 27.7 Å². The summed E-state index contributed by atoms with van der Waals surface area (Å²) in [4.78, 5) is 17.7. The van der Waals surface area contributed by atoms with Crippen molar-refractivity contribution >= 4 is 23.3 Å². The number of hydrogen-bond acceptors (Lipinski definition) is 5. The monoisotopic (exact) mass is 406 g/mol. The molecule has 1 aliphatic heterocycles. The van der Waals surface area contributed by atoms with Crippen LogP contribution in [-0.2, 0) is 4.79 Å². The second kappa shape index (κ2) is 7.04. The van der Waals surface area contributed by atoms with E-state index in [1.165, 1.54) is 6.33 Å². The summed E-state index contributed by atoms with van der Waals surface area (Å²) in [7, 11) is 1.65. The van der Waals surface area contributed by atoms with Gasteiger partial charge in [-0.2, -0.15) is 10.1 Å². The Bertz CT molecular complexity index is 1120. The van der Waals surface area contributed by atoms with Gasteiger partial charge in [-0.05, 0) is 47.7 Å². The number of carbonyl (C=O) groups excluding carboxylic acids is 1. The van der Waals surface area contributed by atoms with E-state index in [0.29, 0.717) is 17.4 Å². The van der Waals surface area contributed by atoms with Crippen LogP contribution in [0, 0.1) is 0 Å². The minimum Gasteiger partial charge on any atom is -0.497 e. The lowest BCUT2D eigenvalue weighted by atomic mass is 9.78. The number of nitrogens with one attached hydrogen (secondary N) is 1. The summed E-state index contributed by atoms with van der Waals surface area (Å²) >= 11 is 6.23. The second-order valence-electron chi connectivity index (χ2n) is 7.30. The quantitative estimate of drug-likeness (QED) is 0.700. The highest BCUT2D eigenvalue weighted by Crippen LogP contribution is 2.44. The first-order valence-corrected chi connectivity index (χ1v) is 9.84. The van der Waals surface area contributed by atoms with Crippen LogP contribution in [0.3, 0.4) is 0 Å². The third-order valence-electron chi connectivity index (χ3n) is 5.61. The Morgan fingerprint density at radius 3 is 2.72 bits per heavy atom. The highest BCUT2D eigenvalue weighted by atomic mass is 35.5. The smallest absolute Gasteiger partial charge is 0.226 e. The van der Waals surface area contributed by atoms with Crippen LogP contribution in [0.2, 0.25) is 5.02 Å². The van der Waals surface area contributed by atoms with Crippen LogP contribution < -0.4 is 10.1 Å². The second-order valence-corrected chi connectivity index (χ2v) is 7.74. The standard InChI is InChI=1S/C22H19ClN4O2/c1-29-17-7-5-13(6-8-17)15-10-18-20(19(28)11-15)21(14-3-2-4-16(23)9-14)27-22(26-18)24-12-25-27/h2-9,12,15,21H,10-11H2,1H3,(H,24,25,26)/t15-,21+/m1/s1. The van der Waals surface area contributed by atoms with Crippen LogP contribution in [0.4, 0.5) is 5.95 Å². The van der Waals surface area contributed by atoms with E-state index >= 15 is 0 Å². The molecule has 0 saturated heterocycles. The van der Waals surface area contributed by atoms with E-state index in [2.05, 4.69) is 15.4 Å². The highest BCUT2D eigenvalue weighted by molar-refractivity contribution is 6.30. The van der Waals surface area contributed by atoms with Gasteiger partial charge in [-0.1, -0.05) is 35.9 Å². The van der Waals surface area contributed by atoms with Gasteiger partial charge >= 0.3 is 0 Å². The third kappa shape index (κ3) is 3.09. The highest BCUT2D eigenvalue weighted by Gasteiger charge is 2.39. The maximum absolute atomic E-state index is 13.3. The van der Waals surface area contributed by atoms with Crippen molar-refractivity contribution in [2.75, 3.05) is 12.4 Å². The maximum atomic E-state index is 13.3. The SMILES string of the molecule is COc1ccc([C@H]2CC(=O)C3=C(C2)Nc2ncnn2[C@H]3c2cccc(Cl)c2)cc1. The number of anilines is 1. The number of Topliss-reactive ketones (excluding diaryl/α,β-unsaturated/α-hetero) is 1. The number of benzene rings is 2. The van der Waals surface area contributed by atoms with E-state index < -0.39 is 0 Å². The predicted molar refractivity (Wildman–Crippen MR) is 110 cm³/mol. The molecule has 0 saturated carbocycles. The van der Waals surface area contributed by atoms with Crippen molar-refractivity contribution in [2.24, 2.45) is 0 Å². The number of nitrogens with zero attached hydrogens (tertiary/aromatic N) is 3. The number of allylic oxidation sites excluding steroid dienone is 2. The topological polar surface area (TPSA) is 69.0 Å². The Labute approximate surface area is 173 Å². The van der Waals surface area contributed by atoms with E-state index in [9.17, 15) is 4.79 Å². The molecule has 2 heterocycles. The van der Waals surface area contributed by atoms with Crippen LogP contribution in [0.15, 0.2) is 66.1 Å². The Kier molecular flexibility index (Phi) is 4.36. The molecule has 146 valence electrons. The molecule has 5 rings (SSSR count). The van der Waals surface area contributed by atoms with E-state index in [1.54, 1.807) is 11.8 Å². The number of halogens is 1. The van der Waals surface area contributed by atoms with Gasteiger partial charge < -0.3 is 10.1 Å². The van der Waals surface area contributed by atoms with Crippen molar-refractivity contribution in [2.45, 2.75) is 24.8 Å². The number of hydrogen-bond donors (Lipinski definition) is 1. The molecule has 1 aromatic heterocycles. The molecule has 1 aliphatic carbocycles. The van der Waals surface area contributed by atoms with E-state index in [-0.39, 0.29) is 17.7 Å². The molecular formula is C22H19ClN4O2. The van der Waals surface area contributed by atoms with E-state index in [0.717, 1.165) is 34.6 Å². The van der Waals surface area contributed by atoms with Gasteiger partial charge in [0.1, 0.15) is 18.1 Å². The number of aromatic nitrogens is 3. The van der Waals surface area contributed by atoms with E-state index in [1.807, 2.05) is 48.5 Å². The molecule has 7 heteroatoms. The summed E-state index contributed by atoms with van der Waals surface area (Å²) < 4.78 is 7.01. The molecule has 0 spiro atoms. The number of carbonyl (C=O) groups is 1. The Balaban J connectivity index is 1.56. The Hall–Kier alpha value is -3.12. The number of ether oxygens (including phenoxy) is 1. The van der Waals surface area contributed by atoms with Crippen molar-refractivity contribution in [1.82, 2.24) is 14.8 Å². The number of fused-ring (bicyclic) bond motifs is 1. The van der Waals surface area contributed by atoms with Crippen molar-refractivity contribution < 1.29 is 9.53 Å². The number of methoxy groups -OCH3 is 1. The molecule has 0 fully saturated rings. The van der Waals surface area contributed by atoms with Gasteiger partial charge in [0, 0.05) is 22.7 Å². The van der Waals surface area contributed by atoms with Gasteiger partial charge in [-0.3, -0.25) is 4.79 Å². The summed E-state index contributed by atoms with van der Waals surface area (Å²) in [6.45, 7) is 0. The van der Waals surface area contributed by atoms with Crippen molar-refractivity contribution in [3.8, 4) is 5.75 Å². The van der Waals surface area contributed by atoms with E-state index in [4.69, 9.17) is 16.3 Å². The number of rotatable bonds is 3. The van der Waals surface area contributed by atoms with Crippen LogP contribution in [0.5, 0.6) is 5.75 Å². The molecule has 0 radical (unpaired) electrons. The molecular weight excluding hydrogens is 388 g/mol. The van der Waals surface area contributed by atoms with Crippen LogP contribution in [0.1, 0.15) is 35.9 Å².